The first kappa shape index (κ1) is 19.0. The molecule has 0 aliphatic heterocycles. The molecule has 0 fully saturated rings. The van der Waals surface area contributed by atoms with Gasteiger partial charge in [-0.25, -0.2) is 4.57 Å². The van der Waals surface area contributed by atoms with Gasteiger partial charge in [-0.3, -0.25) is 4.52 Å². The van der Waals surface area contributed by atoms with E-state index in [1.165, 1.54) is 0 Å². The zero-order valence-electron chi connectivity index (χ0n) is 8.20. The van der Waals surface area contributed by atoms with E-state index < -0.39 is 7.82 Å². The van der Waals surface area contributed by atoms with Crippen LogP contribution >= 0.6 is 63.1 Å². The van der Waals surface area contributed by atoms with E-state index >= 15 is 0 Å². The van der Waals surface area contributed by atoms with Gasteiger partial charge in [0, 0.05) is 4.83 Å². The molecule has 0 aromatic carbocycles. The molecule has 0 saturated heterocycles. The molecule has 9 heteroatoms. The van der Waals surface area contributed by atoms with E-state index in [0.717, 1.165) is 0 Å². The van der Waals surface area contributed by atoms with Gasteiger partial charge in [0.05, 0.1) is 18.5 Å². The highest BCUT2D eigenvalue weighted by atomic mass is 79.9. The van der Waals surface area contributed by atoms with Gasteiger partial charge in [0.15, 0.2) is 0 Å². The SMILES string of the molecule is CC(Br)C(Cl)Br.CCCOP(=O)(O)OCl. The molecule has 15 heavy (non-hydrogen) atoms. The minimum atomic E-state index is -3.92. The summed E-state index contributed by atoms with van der Waals surface area (Å²) in [7, 11) is -3.92. The molecule has 0 rings (SSSR count). The summed E-state index contributed by atoms with van der Waals surface area (Å²) in [6, 6.07) is 0. The third-order valence-corrected chi connectivity index (χ3v) is 4.81. The Labute approximate surface area is 117 Å². The Bertz CT molecular complexity index is 188. The highest BCUT2D eigenvalue weighted by Gasteiger charge is 2.18. The lowest BCUT2D eigenvalue weighted by Gasteiger charge is -2.04. The fourth-order valence-corrected chi connectivity index (χ4v) is 0.799. The number of phosphoric acid groups is 1. The topological polar surface area (TPSA) is 55.8 Å². The van der Waals surface area contributed by atoms with Gasteiger partial charge in [0.1, 0.15) is 4.29 Å². The van der Waals surface area contributed by atoms with Gasteiger partial charge < -0.3 is 4.89 Å². The van der Waals surface area contributed by atoms with Crippen LogP contribution in [-0.2, 0) is 13.2 Å². The van der Waals surface area contributed by atoms with Crippen molar-refractivity contribution >= 4 is 63.1 Å². The molecule has 0 spiro atoms. The predicted octanol–water partition coefficient (Wildman–Crippen LogP) is 4.41. The van der Waals surface area contributed by atoms with Crippen LogP contribution in [0.3, 0.4) is 0 Å². The Balaban J connectivity index is 0. The van der Waals surface area contributed by atoms with Crippen molar-refractivity contribution in [3.05, 3.63) is 0 Å². The van der Waals surface area contributed by atoms with Crippen molar-refractivity contribution in [1.29, 1.82) is 0 Å². The Morgan fingerprint density at radius 3 is 2.13 bits per heavy atom. The molecule has 4 nitrogen and oxygen atoms in total. The summed E-state index contributed by atoms with van der Waals surface area (Å²) in [5.41, 5.74) is 0. The van der Waals surface area contributed by atoms with E-state index in [1.807, 2.05) is 6.92 Å². The van der Waals surface area contributed by atoms with Gasteiger partial charge in [0.25, 0.3) is 0 Å². The lowest BCUT2D eigenvalue weighted by molar-refractivity contribution is 0.208. The number of hydrogen-bond donors (Lipinski definition) is 1. The van der Waals surface area contributed by atoms with Crippen LogP contribution in [0.2, 0.25) is 0 Å². The number of halogens is 4. The fraction of sp³-hybridized carbons (Fsp3) is 1.00. The minimum absolute atomic E-state index is 0.0532. The monoisotopic (exact) mass is 408 g/mol. The van der Waals surface area contributed by atoms with Crippen LogP contribution in [0.1, 0.15) is 20.3 Å². The van der Waals surface area contributed by atoms with Crippen LogP contribution < -0.4 is 0 Å². The molecule has 0 aromatic rings. The largest absolute Gasteiger partial charge is 0.488 e. The van der Waals surface area contributed by atoms with Crippen LogP contribution in [0.25, 0.3) is 0 Å². The summed E-state index contributed by atoms with van der Waals surface area (Å²) in [5.74, 6) is 0. The smallest absolute Gasteiger partial charge is 0.302 e. The van der Waals surface area contributed by atoms with E-state index in [9.17, 15) is 4.57 Å². The van der Waals surface area contributed by atoms with E-state index in [0.29, 0.717) is 11.2 Å². The van der Waals surface area contributed by atoms with Gasteiger partial charge >= 0.3 is 7.82 Å². The summed E-state index contributed by atoms with van der Waals surface area (Å²) in [6.07, 6.45) is 0.644. The Kier molecular flexibility index (Phi) is 13.7. The second-order valence-corrected chi connectivity index (χ2v) is 7.56. The molecule has 0 aromatic heterocycles. The molecule has 3 unspecified atom stereocenters. The first-order valence-corrected chi connectivity index (χ1v) is 8.03. The molecule has 94 valence electrons. The standard InChI is InChI=1S/C3H5Br2Cl.C3H8ClO4P/c1-2(4)3(5)6;1-2-3-7-9(5,6)8-4/h2-3H,1H3;2-3H2,1H3,(H,5,6). The highest BCUT2D eigenvalue weighted by Crippen LogP contribution is 2.44. The van der Waals surface area contributed by atoms with Crippen LogP contribution in [-0.4, -0.2) is 20.6 Å². The lowest BCUT2D eigenvalue weighted by atomic mass is 10.5. The molecule has 0 bridgehead atoms. The van der Waals surface area contributed by atoms with Crippen LogP contribution in [0.5, 0.6) is 0 Å². The van der Waals surface area contributed by atoms with Crippen molar-refractivity contribution in [3.63, 3.8) is 0 Å². The van der Waals surface area contributed by atoms with Gasteiger partial charge in [0.2, 0.25) is 0 Å². The highest BCUT2D eigenvalue weighted by molar-refractivity contribution is 9.12. The van der Waals surface area contributed by atoms with Gasteiger partial charge in [-0.1, -0.05) is 45.7 Å². The molecule has 0 aliphatic carbocycles. The van der Waals surface area contributed by atoms with Crippen molar-refractivity contribution in [2.24, 2.45) is 0 Å². The number of rotatable bonds is 5. The maximum atomic E-state index is 10.3. The number of hydrogen-bond acceptors (Lipinski definition) is 3. The summed E-state index contributed by atoms with van der Waals surface area (Å²) in [5, 5.41) is 0. The molecule has 0 amide bonds. The van der Waals surface area contributed by atoms with E-state index in [-0.39, 0.29) is 10.9 Å². The molecule has 0 aliphatic rings. The summed E-state index contributed by atoms with van der Waals surface area (Å²) < 4.78 is 18.3. The van der Waals surface area contributed by atoms with Crippen molar-refractivity contribution in [3.8, 4) is 0 Å². The average Bonchev–Trinajstić information content (AvgIpc) is 2.16. The third kappa shape index (κ3) is 15.6. The molecule has 1 N–H and O–H groups in total. The molecular formula is C6H13Br2Cl2O4P. The first-order chi connectivity index (χ1) is 6.76. The maximum Gasteiger partial charge on any atom is 0.488 e. The first-order valence-electron chi connectivity index (χ1n) is 3.96. The van der Waals surface area contributed by atoms with Crippen molar-refractivity contribution < 1.29 is 18.1 Å². The van der Waals surface area contributed by atoms with Crippen molar-refractivity contribution in [1.82, 2.24) is 0 Å². The number of alkyl halides is 3. The number of phosphoric ester groups is 1. The average molecular weight is 411 g/mol. The summed E-state index contributed by atoms with van der Waals surface area (Å²) >= 11 is 16.5. The van der Waals surface area contributed by atoms with Gasteiger partial charge in [-0.15, -0.1) is 11.6 Å². The molecule has 3 atom stereocenters. The van der Waals surface area contributed by atoms with Crippen LogP contribution in [0.4, 0.5) is 0 Å². The summed E-state index contributed by atoms with van der Waals surface area (Å²) in [4.78, 5) is 8.78. The molecular weight excluding hydrogens is 398 g/mol. The van der Waals surface area contributed by atoms with E-state index in [1.54, 1.807) is 6.92 Å². The zero-order chi connectivity index (χ0) is 12.5. The second kappa shape index (κ2) is 10.8. The normalized spacial score (nSPS) is 18.3. The fourth-order valence-electron chi connectivity index (χ4n) is 0.227. The van der Waals surface area contributed by atoms with Gasteiger partial charge in [-0.05, 0) is 6.42 Å². The second-order valence-electron chi connectivity index (χ2n) is 2.38. The zero-order valence-corrected chi connectivity index (χ0v) is 13.8. The van der Waals surface area contributed by atoms with Crippen LogP contribution in [0.15, 0.2) is 0 Å². The van der Waals surface area contributed by atoms with E-state index in [2.05, 4.69) is 52.3 Å². The summed E-state index contributed by atoms with van der Waals surface area (Å²) in [6.45, 7) is 3.95. The van der Waals surface area contributed by atoms with Crippen LogP contribution in [0, 0.1) is 0 Å². The maximum absolute atomic E-state index is 10.3. The molecule has 0 saturated carbocycles. The third-order valence-electron chi connectivity index (χ3n) is 0.893. The van der Waals surface area contributed by atoms with Crippen molar-refractivity contribution in [2.45, 2.75) is 29.4 Å². The Hall–Kier alpha value is 1.65. The van der Waals surface area contributed by atoms with Crippen molar-refractivity contribution in [2.75, 3.05) is 6.61 Å². The minimum Gasteiger partial charge on any atom is -0.302 e. The molecule has 0 radical (unpaired) electrons. The Morgan fingerprint density at radius 2 is 1.93 bits per heavy atom. The lowest BCUT2D eigenvalue weighted by Crippen LogP contribution is -1.98. The quantitative estimate of drug-likeness (QED) is 0.538. The Morgan fingerprint density at radius 1 is 1.53 bits per heavy atom. The van der Waals surface area contributed by atoms with E-state index in [4.69, 9.17) is 16.5 Å². The molecule has 0 heterocycles. The predicted molar refractivity (Wildman–Crippen MR) is 70.0 cm³/mol. The van der Waals surface area contributed by atoms with Gasteiger partial charge in [-0.2, -0.15) is 4.08 Å².